The topological polar surface area (TPSA) is 51.8 Å². The Labute approximate surface area is 71.7 Å². The van der Waals surface area contributed by atoms with E-state index in [1.807, 2.05) is 17.5 Å². The minimum atomic E-state index is 0.360. The van der Waals surface area contributed by atoms with Crippen molar-refractivity contribution in [3.8, 4) is 9.88 Å². The molecule has 2 N–H and O–H groups in total. The molecule has 2 heterocycles. The summed E-state index contributed by atoms with van der Waals surface area (Å²) in [5.41, 5.74) is 5.38. The summed E-state index contributed by atoms with van der Waals surface area (Å²) in [5, 5.41) is 2.91. The number of nitrogen functional groups attached to an aromatic ring is 1. The summed E-state index contributed by atoms with van der Waals surface area (Å²) in [4.78, 5) is 5.17. The van der Waals surface area contributed by atoms with Crippen LogP contribution in [-0.4, -0.2) is 9.36 Å². The molecule has 0 amide bonds. The van der Waals surface area contributed by atoms with Gasteiger partial charge in [0.2, 0.25) is 5.95 Å². The van der Waals surface area contributed by atoms with E-state index in [-0.39, 0.29) is 0 Å². The van der Waals surface area contributed by atoms with Crippen molar-refractivity contribution in [1.82, 2.24) is 9.36 Å². The molecule has 0 aliphatic rings. The summed E-state index contributed by atoms with van der Waals surface area (Å²) in [6, 6.07) is 3.99. The molecule has 0 spiro atoms. The minimum Gasteiger partial charge on any atom is -0.367 e. The highest BCUT2D eigenvalue weighted by atomic mass is 32.1. The van der Waals surface area contributed by atoms with Crippen molar-refractivity contribution in [3.05, 3.63) is 17.5 Å². The highest BCUT2D eigenvalue weighted by molar-refractivity contribution is 7.18. The number of rotatable bonds is 1. The largest absolute Gasteiger partial charge is 0.367 e. The van der Waals surface area contributed by atoms with Gasteiger partial charge in [-0.15, -0.1) is 11.3 Å². The van der Waals surface area contributed by atoms with Crippen LogP contribution in [0.1, 0.15) is 0 Å². The zero-order chi connectivity index (χ0) is 7.68. The van der Waals surface area contributed by atoms with E-state index in [0.717, 1.165) is 9.88 Å². The predicted octanol–water partition coefficient (Wildman–Crippen LogP) is 1.85. The van der Waals surface area contributed by atoms with Crippen LogP contribution in [0, 0.1) is 0 Å². The average Bonchev–Trinajstić information content (AvgIpc) is 2.55. The molecule has 2 aromatic heterocycles. The number of anilines is 1. The molecule has 0 radical (unpaired) electrons. The van der Waals surface area contributed by atoms with Gasteiger partial charge in [0.1, 0.15) is 0 Å². The summed E-state index contributed by atoms with van der Waals surface area (Å²) in [5.74, 6) is 0.360. The lowest BCUT2D eigenvalue weighted by Gasteiger charge is -1.82. The fourth-order valence-corrected chi connectivity index (χ4v) is 2.11. The van der Waals surface area contributed by atoms with E-state index < -0.39 is 0 Å². The van der Waals surface area contributed by atoms with Crippen molar-refractivity contribution < 1.29 is 0 Å². The van der Waals surface area contributed by atoms with Gasteiger partial charge < -0.3 is 5.73 Å². The Morgan fingerprint density at radius 2 is 2.36 bits per heavy atom. The van der Waals surface area contributed by atoms with Crippen LogP contribution in [0.4, 0.5) is 5.95 Å². The number of hydrogen-bond acceptors (Lipinski definition) is 5. The summed E-state index contributed by atoms with van der Waals surface area (Å²) in [6.45, 7) is 0. The van der Waals surface area contributed by atoms with Gasteiger partial charge in [-0.1, -0.05) is 6.07 Å². The van der Waals surface area contributed by atoms with E-state index in [4.69, 9.17) is 5.73 Å². The van der Waals surface area contributed by atoms with E-state index in [1.165, 1.54) is 11.5 Å². The quantitative estimate of drug-likeness (QED) is 0.734. The van der Waals surface area contributed by atoms with Gasteiger partial charge >= 0.3 is 0 Å². The van der Waals surface area contributed by atoms with Crippen LogP contribution in [0.15, 0.2) is 17.5 Å². The van der Waals surface area contributed by atoms with E-state index >= 15 is 0 Å². The molecule has 0 saturated heterocycles. The van der Waals surface area contributed by atoms with Gasteiger partial charge in [0, 0.05) is 0 Å². The number of nitrogens with zero attached hydrogens (tertiary/aromatic N) is 2. The first-order valence-electron chi connectivity index (χ1n) is 2.99. The molecule has 0 saturated carbocycles. The van der Waals surface area contributed by atoms with E-state index in [1.54, 1.807) is 11.3 Å². The highest BCUT2D eigenvalue weighted by Gasteiger charge is 2.03. The Bertz CT molecular complexity index is 338. The average molecular weight is 183 g/mol. The lowest BCUT2D eigenvalue weighted by Crippen LogP contribution is -1.84. The van der Waals surface area contributed by atoms with Crippen LogP contribution in [-0.2, 0) is 0 Å². The second-order valence-electron chi connectivity index (χ2n) is 1.94. The lowest BCUT2D eigenvalue weighted by molar-refractivity contribution is 1.35. The van der Waals surface area contributed by atoms with Crippen LogP contribution in [0.3, 0.4) is 0 Å². The zero-order valence-corrected chi connectivity index (χ0v) is 7.15. The van der Waals surface area contributed by atoms with E-state index in [9.17, 15) is 0 Å². The molecule has 11 heavy (non-hydrogen) atoms. The van der Waals surface area contributed by atoms with Crippen LogP contribution in [0.2, 0.25) is 0 Å². The highest BCUT2D eigenvalue weighted by Crippen LogP contribution is 2.26. The van der Waals surface area contributed by atoms with Crippen LogP contribution in [0.25, 0.3) is 9.88 Å². The van der Waals surface area contributed by atoms with Crippen molar-refractivity contribution in [2.45, 2.75) is 0 Å². The van der Waals surface area contributed by atoms with Gasteiger partial charge in [-0.25, -0.2) is 0 Å². The maximum atomic E-state index is 5.38. The molecular weight excluding hydrogens is 178 g/mol. The summed E-state index contributed by atoms with van der Waals surface area (Å²) < 4.78 is 3.89. The van der Waals surface area contributed by atoms with Gasteiger partial charge in [0.05, 0.1) is 4.88 Å². The summed E-state index contributed by atoms with van der Waals surface area (Å²) in [6.07, 6.45) is 0. The molecular formula is C6H5N3S2. The Morgan fingerprint density at radius 1 is 1.45 bits per heavy atom. The van der Waals surface area contributed by atoms with Crippen LogP contribution in [0.5, 0.6) is 0 Å². The molecule has 0 aromatic carbocycles. The van der Waals surface area contributed by atoms with E-state index in [0.29, 0.717) is 5.95 Å². The van der Waals surface area contributed by atoms with Crippen molar-refractivity contribution in [2.75, 3.05) is 5.73 Å². The Balaban J connectivity index is 2.45. The van der Waals surface area contributed by atoms with Gasteiger partial charge in [-0.3, -0.25) is 0 Å². The maximum Gasteiger partial charge on any atom is 0.232 e. The Hall–Kier alpha value is -0.940. The second-order valence-corrected chi connectivity index (χ2v) is 3.63. The molecule has 0 unspecified atom stereocenters. The summed E-state index contributed by atoms with van der Waals surface area (Å²) in [7, 11) is 0. The smallest absolute Gasteiger partial charge is 0.232 e. The maximum absolute atomic E-state index is 5.38. The van der Waals surface area contributed by atoms with Crippen molar-refractivity contribution in [1.29, 1.82) is 0 Å². The van der Waals surface area contributed by atoms with Gasteiger partial charge in [-0.05, 0) is 23.0 Å². The number of nitrogens with two attached hydrogens (primary N) is 1. The number of aromatic nitrogens is 2. The third-order valence-corrected chi connectivity index (χ3v) is 2.94. The first-order valence-corrected chi connectivity index (χ1v) is 4.64. The predicted molar refractivity (Wildman–Crippen MR) is 47.6 cm³/mol. The molecule has 0 bridgehead atoms. The van der Waals surface area contributed by atoms with Gasteiger partial charge in [-0.2, -0.15) is 9.36 Å². The molecule has 0 aliphatic heterocycles. The van der Waals surface area contributed by atoms with Gasteiger partial charge in [0.15, 0.2) is 5.01 Å². The van der Waals surface area contributed by atoms with Crippen LogP contribution >= 0.6 is 22.9 Å². The standard InChI is InChI=1S/C6H5N3S2/c7-6-8-5(11-9-6)4-2-1-3-10-4/h1-3H,(H2,7,9). The zero-order valence-electron chi connectivity index (χ0n) is 5.52. The SMILES string of the molecule is Nc1nsc(-c2cccs2)n1. The van der Waals surface area contributed by atoms with E-state index in [2.05, 4.69) is 9.36 Å². The first kappa shape index (κ1) is 6.75. The lowest BCUT2D eigenvalue weighted by atomic mass is 10.5. The Morgan fingerprint density at radius 3 is 2.91 bits per heavy atom. The normalized spacial score (nSPS) is 10.2. The van der Waals surface area contributed by atoms with Gasteiger partial charge in [0.25, 0.3) is 0 Å². The fraction of sp³-hybridized carbons (Fsp3) is 0. The fourth-order valence-electron chi connectivity index (χ4n) is 0.735. The molecule has 0 fully saturated rings. The van der Waals surface area contributed by atoms with Crippen molar-refractivity contribution in [2.24, 2.45) is 0 Å². The second kappa shape index (κ2) is 2.60. The third-order valence-electron chi connectivity index (χ3n) is 1.17. The minimum absolute atomic E-state index is 0.360. The molecule has 0 aliphatic carbocycles. The third kappa shape index (κ3) is 1.24. The number of hydrogen-bond donors (Lipinski definition) is 1. The van der Waals surface area contributed by atoms with Crippen molar-refractivity contribution in [3.63, 3.8) is 0 Å². The monoisotopic (exact) mass is 183 g/mol. The molecule has 5 heteroatoms. The number of thiophene rings is 1. The molecule has 2 aromatic rings. The van der Waals surface area contributed by atoms with Crippen molar-refractivity contribution >= 4 is 28.8 Å². The molecule has 56 valence electrons. The molecule has 3 nitrogen and oxygen atoms in total. The first-order chi connectivity index (χ1) is 5.36. The Kier molecular flexibility index (Phi) is 1.59. The summed E-state index contributed by atoms with van der Waals surface area (Å²) >= 11 is 2.97. The molecule has 2 rings (SSSR count). The molecule has 0 atom stereocenters. The van der Waals surface area contributed by atoms with Crippen LogP contribution < -0.4 is 5.73 Å².